The molecule has 3 rings (SSSR count). The number of hydrogen-bond donors (Lipinski definition) is 0. The predicted octanol–water partition coefficient (Wildman–Crippen LogP) is 1.85. The minimum atomic E-state index is -0.402. The number of morpholine rings is 1. The van der Waals surface area contributed by atoms with Crippen LogP contribution in [0.15, 0.2) is 4.42 Å². The fourth-order valence-electron chi connectivity index (χ4n) is 2.65. The van der Waals surface area contributed by atoms with E-state index < -0.39 is 5.97 Å². The molecule has 0 amide bonds. The van der Waals surface area contributed by atoms with Crippen molar-refractivity contribution < 1.29 is 18.7 Å². The van der Waals surface area contributed by atoms with Gasteiger partial charge in [0.05, 0.1) is 25.2 Å². The summed E-state index contributed by atoms with van der Waals surface area (Å²) in [5, 5.41) is 0.628. The summed E-state index contributed by atoms with van der Waals surface area (Å²) in [4.78, 5) is 23.2. The molecule has 7 heteroatoms. The van der Waals surface area contributed by atoms with E-state index in [2.05, 4.69) is 14.9 Å². The fourth-order valence-corrected chi connectivity index (χ4v) is 2.65. The number of esters is 1. The minimum Gasteiger partial charge on any atom is -0.462 e. The van der Waals surface area contributed by atoms with Gasteiger partial charge in [-0.2, -0.15) is 4.98 Å². The first-order chi connectivity index (χ1) is 10.6. The van der Waals surface area contributed by atoms with Gasteiger partial charge in [-0.15, -0.1) is 0 Å². The van der Waals surface area contributed by atoms with Gasteiger partial charge in [0.2, 0.25) is 5.71 Å². The highest BCUT2D eigenvalue weighted by molar-refractivity contribution is 6.08. The fraction of sp³-hybridized carbons (Fsp3) is 0.533. The Morgan fingerprint density at radius 2 is 2.00 bits per heavy atom. The van der Waals surface area contributed by atoms with Gasteiger partial charge >= 0.3 is 5.97 Å². The van der Waals surface area contributed by atoms with Crippen LogP contribution in [-0.2, 0) is 9.47 Å². The van der Waals surface area contributed by atoms with E-state index in [4.69, 9.17) is 13.9 Å². The number of aryl methyl sites for hydroxylation is 2. The summed E-state index contributed by atoms with van der Waals surface area (Å²) in [5.41, 5.74) is 0.841. The topological polar surface area (TPSA) is 77.7 Å². The molecule has 7 nitrogen and oxygen atoms in total. The maximum absolute atomic E-state index is 12.3. The highest BCUT2D eigenvalue weighted by Crippen LogP contribution is 2.32. The standard InChI is InChI=1S/C15H19N3O4/c1-4-21-15(19)11-9(2)22-14-12(11)13(16-10(3)17-14)18-5-7-20-8-6-18/h4-8H2,1-3H3. The van der Waals surface area contributed by atoms with Gasteiger partial charge in [-0.05, 0) is 20.8 Å². The van der Waals surface area contributed by atoms with E-state index in [1.54, 1.807) is 13.8 Å². The first-order valence-corrected chi connectivity index (χ1v) is 7.39. The molecule has 0 saturated carbocycles. The molecule has 0 N–H and O–H groups in total. The van der Waals surface area contributed by atoms with Crippen LogP contribution in [-0.4, -0.2) is 48.8 Å². The Bertz CT molecular complexity index is 704. The number of hydrogen-bond acceptors (Lipinski definition) is 7. The molecule has 118 valence electrons. The number of carbonyl (C=O) groups is 1. The lowest BCUT2D eigenvalue weighted by Crippen LogP contribution is -2.37. The van der Waals surface area contributed by atoms with E-state index in [1.165, 1.54) is 0 Å². The van der Waals surface area contributed by atoms with Gasteiger partial charge in [0, 0.05) is 13.1 Å². The second-order valence-electron chi connectivity index (χ2n) is 5.13. The molecule has 1 aliphatic heterocycles. The molecule has 0 aromatic carbocycles. The molecular weight excluding hydrogens is 286 g/mol. The van der Waals surface area contributed by atoms with Gasteiger partial charge in [0.25, 0.3) is 0 Å². The van der Waals surface area contributed by atoms with Crippen LogP contribution in [0.3, 0.4) is 0 Å². The first-order valence-electron chi connectivity index (χ1n) is 7.39. The number of rotatable bonds is 3. The number of fused-ring (bicyclic) bond motifs is 1. The number of aromatic nitrogens is 2. The van der Waals surface area contributed by atoms with Gasteiger partial charge in [-0.1, -0.05) is 0 Å². The molecule has 0 bridgehead atoms. The van der Waals surface area contributed by atoms with E-state index in [1.807, 2.05) is 6.92 Å². The zero-order chi connectivity index (χ0) is 15.7. The molecule has 0 unspecified atom stereocenters. The van der Waals surface area contributed by atoms with Crippen LogP contribution in [0.2, 0.25) is 0 Å². The van der Waals surface area contributed by atoms with Crippen molar-refractivity contribution in [2.45, 2.75) is 20.8 Å². The summed E-state index contributed by atoms with van der Waals surface area (Å²) in [5.74, 6) is 1.42. The van der Waals surface area contributed by atoms with E-state index in [-0.39, 0.29) is 0 Å². The molecular formula is C15H19N3O4. The summed E-state index contributed by atoms with van der Waals surface area (Å²) in [6.45, 7) is 8.35. The Hall–Kier alpha value is -2.15. The van der Waals surface area contributed by atoms with Crippen LogP contribution in [0.4, 0.5) is 5.82 Å². The Balaban J connectivity index is 2.18. The smallest absolute Gasteiger partial charge is 0.342 e. The molecule has 0 atom stereocenters. The molecule has 1 saturated heterocycles. The zero-order valence-corrected chi connectivity index (χ0v) is 13.0. The summed E-state index contributed by atoms with van der Waals surface area (Å²) < 4.78 is 16.2. The maximum atomic E-state index is 12.3. The van der Waals surface area contributed by atoms with Crippen molar-refractivity contribution in [3.05, 3.63) is 17.1 Å². The molecule has 0 spiro atoms. The lowest BCUT2D eigenvalue weighted by Gasteiger charge is -2.28. The van der Waals surface area contributed by atoms with E-state index in [0.29, 0.717) is 53.9 Å². The van der Waals surface area contributed by atoms with Gasteiger partial charge in [-0.25, -0.2) is 9.78 Å². The molecule has 0 aliphatic carbocycles. The lowest BCUT2D eigenvalue weighted by atomic mass is 10.1. The monoisotopic (exact) mass is 305 g/mol. The molecule has 3 heterocycles. The zero-order valence-electron chi connectivity index (χ0n) is 13.0. The van der Waals surface area contributed by atoms with Crippen LogP contribution < -0.4 is 4.90 Å². The van der Waals surface area contributed by atoms with Crippen LogP contribution in [0, 0.1) is 13.8 Å². The van der Waals surface area contributed by atoms with Crippen LogP contribution in [0.1, 0.15) is 28.9 Å². The number of anilines is 1. The highest BCUT2D eigenvalue weighted by Gasteiger charge is 2.27. The summed E-state index contributed by atoms with van der Waals surface area (Å²) in [6.07, 6.45) is 0. The first kappa shape index (κ1) is 14.8. The van der Waals surface area contributed by atoms with Crippen molar-refractivity contribution in [3.8, 4) is 0 Å². The second kappa shape index (κ2) is 5.92. The quantitative estimate of drug-likeness (QED) is 0.801. The molecule has 2 aromatic rings. The van der Waals surface area contributed by atoms with Gasteiger partial charge in [0.1, 0.15) is 23.0 Å². The van der Waals surface area contributed by atoms with E-state index in [9.17, 15) is 4.79 Å². The summed E-state index contributed by atoms with van der Waals surface area (Å²) in [7, 11) is 0. The van der Waals surface area contributed by atoms with Gasteiger partial charge in [0.15, 0.2) is 0 Å². The Labute approximate surface area is 128 Å². The molecule has 0 radical (unpaired) electrons. The Morgan fingerprint density at radius 3 is 2.68 bits per heavy atom. The van der Waals surface area contributed by atoms with Crippen LogP contribution in [0.25, 0.3) is 11.1 Å². The normalized spacial score (nSPS) is 15.3. The third kappa shape index (κ3) is 2.52. The molecule has 1 fully saturated rings. The van der Waals surface area contributed by atoms with Crippen molar-refractivity contribution in [1.29, 1.82) is 0 Å². The molecule has 22 heavy (non-hydrogen) atoms. The maximum Gasteiger partial charge on any atom is 0.342 e. The van der Waals surface area contributed by atoms with Crippen molar-refractivity contribution in [2.75, 3.05) is 37.8 Å². The largest absolute Gasteiger partial charge is 0.462 e. The number of carbonyl (C=O) groups excluding carboxylic acids is 1. The van der Waals surface area contributed by atoms with Crippen molar-refractivity contribution in [3.63, 3.8) is 0 Å². The van der Waals surface area contributed by atoms with Gasteiger partial charge in [-0.3, -0.25) is 0 Å². The third-order valence-corrected chi connectivity index (χ3v) is 3.61. The van der Waals surface area contributed by atoms with Gasteiger partial charge < -0.3 is 18.8 Å². The number of ether oxygens (including phenoxy) is 2. The minimum absolute atomic E-state index is 0.310. The lowest BCUT2D eigenvalue weighted by molar-refractivity contribution is 0.0526. The van der Waals surface area contributed by atoms with Crippen molar-refractivity contribution in [2.24, 2.45) is 0 Å². The number of furan rings is 1. The highest BCUT2D eigenvalue weighted by atomic mass is 16.5. The third-order valence-electron chi connectivity index (χ3n) is 3.61. The predicted molar refractivity (Wildman–Crippen MR) is 80.3 cm³/mol. The summed E-state index contributed by atoms with van der Waals surface area (Å²) >= 11 is 0. The SMILES string of the molecule is CCOC(=O)c1c(C)oc2nc(C)nc(N3CCOCC3)c12. The van der Waals surface area contributed by atoms with E-state index >= 15 is 0 Å². The van der Waals surface area contributed by atoms with Crippen molar-refractivity contribution in [1.82, 2.24) is 9.97 Å². The van der Waals surface area contributed by atoms with E-state index in [0.717, 1.165) is 13.1 Å². The average molecular weight is 305 g/mol. The van der Waals surface area contributed by atoms with Crippen LogP contribution in [0.5, 0.6) is 0 Å². The molecule has 2 aromatic heterocycles. The second-order valence-corrected chi connectivity index (χ2v) is 5.13. The average Bonchev–Trinajstić information content (AvgIpc) is 2.83. The summed E-state index contributed by atoms with van der Waals surface area (Å²) in [6, 6.07) is 0. The Kier molecular flexibility index (Phi) is 3.98. The van der Waals surface area contributed by atoms with Crippen LogP contribution >= 0.6 is 0 Å². The Morgan fingerprint density at radius 1 is 1.27 bits per heavy atom. The number of nitrogens with zero attached hydrogens (tertiary/aromatic N) is 3. The van der Waals surface area contributed by atoms with Crippen molar-refractivity contribution >= 4 is 22.9 Å². The molecule has 1 aliphatic rings.